The van der Waals surface area contributed by atoms with Crippen LogP contribution in [0.4, 0.5) is 18.0 Å². The molecule has 0 aliphatic rings. The molecule has 104 valence electrons. The monoisotopic (exact) mass is 272 g/mol. The molecule has 0 aliphatic carbocycles. The van der Waals surface area contributed by atoms with Crippen molar-refractivity contribution >= 4 is 18.0 Å². The van der Waals surface area contributed by atoms with E-state index in [4.69, 9.17) is 10.2 Å². The number of carboxylic acid groups (broad SMARTS) is 2. The van der Waals surface area contributed by atoms with Crippen molar-refractivity contribution < 1.29 is 37.8 Å². The third-order valence-electron chi connectivity index (χ3n) is 1.67. The molecule has 2 amide bonds. The van der Waals surface area contributed by atoms with Gasteiger partial charge in [-0.3, -0.25) is 9.59 Å². The predicted molar refractivity (Wildman–Crippen MR) is 50.9 cm³/mol. The third kappa shape index (κ3) is 6.55. The quantitative estimate of drug-likeness (QED) is 0.738. The largest absolute Gasteiger partial charge is 0.480 e. The fourth-order valence-corrected chi connectivity index (χ4v) is 1.10. The Hall–Kier alpha value is -2.00. The molecule has 18 heavy (non-hydrogen) atoms. The number of rotatable bonds is 5. The molecule has 0 saturated carbocycles. The molecule has 0 radical (unpaired) electrons. The lowest BCUT2D eigenvalue weighted by Gasteiger charge is -2.26. The van der Waals surface area contributed by atoms with Crippen LogP contribution < -0.4 is 0 Å². The normalized spacial score (nSPS) is 10.9. The minimum absolute atomic E-state index is 0.200. The molecule has 0 saturated heterocycles. The molecule has 7 nitrogen and oxygen atoms in total. The Morgan fingerprint density at radius 2 is 1.44 bits per heavy atom. The Morgan fingerprint density at radius 3 is 1.72 bits per heavy atom. The van der Waals surface area contributed by atoms with Crippen molar-refractivity contribution in [3.8, 4) is 0 Å². The zero-order valence-electron chi connectivity index (χ0n) is 9.27. The lowest BCUT2D eigenvalue weighted by atomic mass is 10.4. The third-order valence-corrected chi connectivity index (χ3v) is 1.67. The first-order valence-corrected chi connectivity index (χ1v) is 4.53. The van der Waals surface area contributed by atoms with Gasteiger partial charge in [0.25, 0.3) is 0 Å². The maximum absolute atomic E-state index is 12.0. The number of nitrogens with zero attached hydrogens (tertiary/aromatic N) is 2. The number of alkyl halides is 3. The molecule has 0 rings (SSSR count). The second-order valence-electron chi connectivity index (χ2n) is 3.40. The van der Waals surface area contributed by atoms with Crippen molar-refractivity contribution in [2.75, 3.05) is 26.7 Å². The number of halogens is 3. The Kier molecular flexibility index (Phi) is 5.40. The number of carbonyl (C=O) groups is 3. The molecule has 0 atom stereocenters. The predicted octanol–water partition coefficient (Wildman–Crippen LogP) is 0.0717. The molecule has 0 heterocycles. The number of carbonyl (C=O) groups excluding carboxylic acids is 1. The Morgan fingerprint density at radius 1 is 1.06 bits per heavy atom. The summed E-state index contributed by atoms with van der Waals surface area (Å²) in [6.45, 7) is -3.58. The highest BCUT2D eigenvalue weighted by Crippen LogP contribution is 2.16. The van der Waals surface area contributed by atoms with Gasteiger partial charge in [-0.05, 0) is 0 Å². The van der Waals surface area contributed by atoms with Crippen LogP contribution in [0.5, 0.6) is 0 Å². The lowest BCUT2D eigenvalue weighted by Crippen LogP contribution is -2.48. The van der Waals surface area contributed by atoms with Crippen molar-refractivity contribution in [2.45, 2.75) is 6.18 Å². The van der Waals surface area contributed by atoms with Gasteiger partial charge in [-0.1, -0.05) is 0 Å². The highest BCUT2D eigenvalue weighted by atomic mass is 19.4. The van der Waals surface area contributed by atoms with E-state index in [0.29, 0.717) is 0 Å². The number of urea groups is 1. The molecule has 0 aromatic carbocycles. The molecule has 10 heteroatoms. The second-order valence-corrected chi connectivity index (χ2v) is 3.40. The lowest BCUT2D eigenvalue weighted by molar-refractivity contribution is -0.142. The first kappa shape index (κ1) is 16.0. The summed E-state index contributed by atoms with van der Waals surface area (Å²) < 4.78 is 36.0. The molecule has 2 N–H and O–H groups in total. The molecule has 0 unspecified atom stereocenters. The summed E-state index contributed by atoms with van der Waals surface area (Å²) in [6, 6.07) is -1.32. The second kappa shape index (κ2) is 6.07. The molecule has 0 aromatic heterocycles. The highest BCUT2D eigenvalue weighted by Gasteiger charge is 2.33. The summed E-state index contributed by atoms with van der Waals surface area (Å²) in [5, 5.41) is 16.9. The smallest absolute Gasteiger partial charge is 0.406 e. The van der Waals surface area contributed by atoms with E-state index in [1.165, 1.54) is 0 Å². The van der Waals surface area contributed by atoms with Crippen molar-refractivity contribution in [3.05, 3.63) is 0 Å². The first-order valence-electron chi connectivity index (χ1n) is 4.53. The van der Waals surface area contributed by atoms with Crippen molar-refractivity contribution in [1.82, 2.24) is 9.80 Å². The van der Waals surface area contributed by atoms with E-state index in [1.54, 1.807) is 0 Å². The van der Waals surface area contributed by atoms with Gasteiger partial charge in [0.2, 0.25) is 0 Å². The molecule has 0 aromatic rings. The summed E-state index contributed by atoms with van der Waals surface area (Å²) in [5.41, 5.74) is 0. The number of hydrogen-bond donors (Lipinski definition) is 2. The fourth-order valence-electron chi connectivity index (χ4n) is 1.10. The van der Waals surface area contributed by atoms with Crippen LogP contribution in [0.2, 0.25) is 0 Å². The van der Waals surface area contributed by atoms with Crippen LogP contribution in [0.1, 0.15) is 0 Å². The summed E-state index contributed by atoms with van der Waals surface area (Å²) in [7, 11) is 0.798. The highest BCUT2D eigenvalue weighted by molar-refractivity contribution is 5.84. The summed E-state index contributed by atoms with van der Waals surface area (Å²) in [5.74, 6) is -3.05. The van der Waals surface area contributed by atoms with Crippen LogP contribution in [0.15, 0.2) is 0 Å². The van der Waals surface area contributed by atoms with Gasteiger partial charge >= 0.3 is 24.1 Å². The van der Waals surface area contributed by atoms with Crippen molar-refractivity contribution in [2.24, 2.45) is 0 Å². The standard InChI is InChI=1S/C8H11F3N2O5/c1-12(4-8(9,10)11)7(18)13(2-5(14)15)3-6(16)17/h2-4H2,1H3,(H,14,15)(H,16,17). The van der Waals surface area contributed by atoms with Crippen LogP contribution in [-0.2, 0) is 9.59 Å². The van der Waals surface area contributed by atoms with E-state index in [0.717, 1.165) is 7.05 Å². The van der Waals surface area contributed by atoms with Gasteiger partial charge in [-0.25, -0.2) is 4.79 Å². The van der Waals surface area contributed by atoms with Crippen molar-refractivity contribution in [1.29, 1.82) is 0 Å². The Labute approximate surface area is 99.4 Å². The van der Waals surface area contributed by atoms with Gasteiger partial charge < -0.3 is 20.0 Å². The van der Waals surface area contributed by atoms with E-state index in [9.17, 15) is 27.6 Å². The van der Waals surface area contributed by atoms with E-state index in [2.05, 4.69) is 0 Å². The van der Waals surface area contributed by atoms with Crippen LogP contribution >= 0.6 is 0 Å². The van der Waals surface area contributed by atoms with Gasteiger partial charge in [0.15, 0.2) is 0 Å². The zero-order valence-corrected chi connectivity index (χ0v) is 9.27. The van der Waals surface area contributed by atoms with Crippen LogP contribution in [0.25, 0.3) is 0 Å². The van der Waals surface area contributed by atoms with Crippen LogP contribution in [0, 0.1) is 0 Å². The van der Waals surface area contributed by atoms with Gasteiger partial charge in [0.1, 0.15) is 19.6 Å². The summed E-state index contributed by atoms with van der Waals surface area (Å²) in [4.78, 5) is 32.7. The van der Waals surface area contributed by atoms with Crippen molar-refractivity contribution in [3.63, 3.8) is 0 Å². The SMILES string of the molecule is CN(CC(F)(F)F)C(=O)N(CC(=O)O)CC(=O)O. The molecule has 0 spiro atoms. The van der Waals surface area contributed by atoms with Gasteiger partial charge in [0.05, 0.1) is 0 Å². The fraction of sp³-hybridized carbons (Fsp3) is 0.625. The molecular formula is C8H11F3N2O5. The molecule has 0 fully saturated rings. The average molecular weight is 272 g/mol. The number of amides is 2. The number of aliphatic carboxylic acids is 2. The summed E-state index contributed by atoms with van der Waals surface area (Å²) >= 11 is 0. The van der Waals surface area contributed by atoms with E-state index >= 15 is 0 Å². The minimum atomic E-state index is -4.65. The number of hydrogen-bond acceptors (Lipinski definition) is 3. The van der Waals surface area contributed by atoms with Gasteiger partial charge in [-0.15, -0.1) is 0 Å². The van der Waals surface area contributed by atoms with E-state index in [1.807, 2.05) is 0 Å². The van der Waals surface area contributed by atoms with Crippen LogP contribution in [0.3, 0.4) is 0 Å². The van der Waals surface area contributed by atoms with E-state index in [-0.39, 0.29) is 9.80 Å². The molecule has 0 bridgehead atoms. The Balaban J connectivity index is 4.73. The molecule has 0 aliphatic heterocycles. The van der Waals surface area contributed by atoms with Gasteiger partial charge in [0, 0.05) is 7.05 Å². The minimum Gasteiger partial charge on any atom is -0.480 e. The number of carboxylic acids is 2. The maximum Gasteiger partial charge on any atom is 0.406 e. The summed E-state index contributed by atoms with van der Waals surface area (Å²) in [6.07, 6.45) is -4.65. The first-order chi connectivity index (χ1) is 8.03. The zero-order chi connectivity index (χ0) is 14.5. The average Bonchev–Trinajstić information content (AvgIpc) is 2.11. The Bertz CT molecular complexity index is 328. The van der Waals surface area contributed by atoms with Gasteiger partial charge in [-0.2, -0.15) is 13.2 Å². The van der Waals surface area contributed by atoms with E-state index < -0.39 is 43.8 Å². The van der Waals surface area contributed by atoms with Crippen LogP contribution in [-0.4, -0.2) is 70.8 Å². The topological polar surface area (TPSA) is 98.2 Å². The maximum atomic E-state index is 12.0. The molecular weight excluding hydrogens is 261 g/mol.